The number of carbonyl (C=O) groups excluding carboxylic acids is 1. The number of nitrogens with zero attached hydrogens (tertiary/aromatic N) is 5. The van der Waals surface area contributed by atoms with Gasteiger partial charge in [0.1, 0.15) is 5.75 Å². The van der Waals surface area contributed by atoms with Gasteiger partial charge in [0.15, 0.2) is 17.3 Å². The Morgan fingerprint density at radius 2 is 1.89 bits per heavy atom. The van der Waals surface area contributed by atoms with E-state index in [2.05, 4.69) is 32.5 Å². The number of aromatic nitrogens is 3. The van der Waals surface area contributed by atoms with Gasteiger partial charge in [-0.05, 0) is 44.3 Å². The van der Waals surface area contributed by atoms with Crippen molar-refractivity contribution >= 4 is 11.6 Å². The first-order valence-corrected chi connectivity index (χ1v) is 9.34. The fourth-order valence-corrected chi connectivity index (χ4v) is 3.16. The standard InChI is InChI=1S/C19H28N6O2/c1-15(26)18-19(20-9-4-10-24-13-11-23(2)12-14-24)25(22-21-18)16-5-7-17(27-3)8-6-16/h5-8,20H,4,9-14H2,1-3H3. The van der Waals surface area contributed by atoms with Gasteiger partial charge in [-0.2, -0.15) is 4.68 Å². The van der Waals surface area contributed by atoms with Crippen LogP contribution >= 0.6 is 0 Å². The molecule has 1 N–H and O–H groups in total. The van der Waals surface area contributed by atoms with Crippen molar-refractivity contribution in [3.05, 3.63) is 30.0 Å². The maximum atomic E-state index is 11.9. The van der Waals surface area contributed by atoms with E-state index in [1.165, 1.54) is 6.92 Å². The van der Waals surface area contributed by atoms with Gasteiger partial charge in [0, 0.05) is 39.6 Å². The molecular weight excluding hydrogens is 344 g/mol. The molecule has 0 aliphatic carbocycles. The van der Waals surface area contributed by atoms with Crippen LogP contribution in [0.2, 0.25) is 0 Å². The van der Waals surface area contributed by atoms with Crippen molar-refractivity contribution in [2.24, 2.45) is 0 Å². The van der Waals surface area contributed by atoms with Gasteiger partial charge in [0.25, 0.3) is 0 Å². The molecule has 2 aromatic rings. The Bertz CT molecular complexity index is 750. The summed E-state index contributed by atoms with van der Waals surface area (Å²) in [7, 11) is 3.79. The van der Waals surface area contributed by atoms with E-state index in [-0.39, 0.29) is 5.78 Å². The molecule has 3 rings (SSSR count). The lowest BCUT2D eigenvalue weighted by Gasteiger charge is -2.32. The van der Waals surface area contributed by atoms with E-state index < -0.39 is 0 Å². The highest BCUT2D eigenvalue weighted by Crippen LogP contribution is 2.21. The molecule has 1 aromatic heterocycles. The van der Waals surface area contributed by atoms with Crippen LogP contribution in [-0.2, 0) is 0 Å². The number of ether oxygens (including phenoxy) is 1. The van der Waals surface area contributed by atoms with E-state index in [9.17, 15) is 4.79 Å². The predicted octanol–water partition coefficient (Wildman–Crippen LogP) is 1.53. The van der Waals surface area contributed by atoms with Crippen molar-refractivity contribution < 1.29 is 9.53 Å². The van der Waals surface area contributed by atoms with E-state index >= 15 is 0 Å². The largest absolute Gasteiger partial charge is 0.497 e. The molecule has 0 saturated carbocycles. The second kappa shape index (κ2) is 8.96. The van der Waals surface area contributed by atoms with Gasteiger partial charge in [-0.3, -0.25) is 4.79 Å². The van der Waals surface area contributed by atoms with E-state index in [0.29, 0.717) is 11.5 Å². The number of hydrogen-bond acceptors (Lipinski definition) is 7. The molecule has 0 radical (unpaired) electrons. The van der Waals surface area contributed by atoms with Crippen molar-refractivity contribution in [2.75, 3.05) is 58.7 Å². The topological polar surface area (TPSA) is 75.5 Å². The summed E-state index contributed by atoms with van der Waals surface area (Å²) < 4.78 is 6.87. The first-order chi connectivity index (χ1) is 13.1. The van der Waals surface area contributed by atoms with E-state index in [4.69, 9.17) is 4.74 Å². The fourth-order valence-electron chi connectivity index (χ4n) is 3.16. The van der Waals surface area contributed by atoms with Crippen LogP contribution in [0.15, 0.2) is 24.3 Å². The molecule has 0 unspecified atom stereocenters. The molecule has 0 bridgehead atoms. The number of nitrogens with one attached hydrogen (secondary N) is 1. The quantitative estimate of drug-likeness (QED) is 0.556. The third-order valence-corrected chi connectivity index (χ3v) is 4.86. The van der Waals surface area contributed by atoms with Gasteiger partial charge in [0.2, 0.25) is 0 Å². The van der Waals surface area contributed by atoms with Crippen molar-refractivity contribution in [3.63, 3.8) is 0 Å². The number of carbonyl (C=O) groups is 1. The average molecular weight is 372 g/mol. The molecule has 1 aromatic carbocycles. The smallest absolute Gasteiger partial charge is 0.183 e. The van der Waals surface area contributed by atoms with Crippen molar-refractivity contribution in [1.82, 2.24) is 24.8 Å². The van der Waals surface area contributed by atoms with Gasteiger partial charge in [-0.1, -0.05) is 5.21 Å². The van der Waals surface area contributed by atoms with Crippen LogP contribution in [0.5, 0.6) is 5.75 Å². The van der Waals surface area contributed by atoms with Crippen LogP contribution in [0.3, 0.4) is 0 Å². The van der Waals surface area contributed by atoms with Crippen molar-refractivity contribution in [1.29, 1.82) is 0 Å². The van der Waals surface area contributed by atoms with Crippen LogP contribution in [0, 0.1) is 0 Å². The Balaban J connectivity index is 1.64. The SMILES string of the molecule is COc1ccc(-n2nnc(C(C)=O)c2NCCCN2CCN(C)CC2)cc1. The zero-order valence-corrected chi connectivity index (χ0v) is 16.3. The normalized spacial score (nSPS) is 15.7. The highest BCUT2D eigenvalue weighted by Gasteiger charge is 2.18. The number of rotatable bonds is 8. The first-order valence-electron chi connectivity index (χ1n) is 9.34. The number of benzene rings is 1. The van der Waals surface area contributed by atoms with E-state index in [1.54, 1.807) is 11.8 Å². The molecular formula is C19H28N6O2. The van der Waals surface area contributed by atoms with Gasteiger partial charge >= 0.3 is 0 Å². The van der Waals surface area contributed by atoms with Gasteiger partial charge in [-0.25, -0.2) is 0 Å². The van der Waals surface area contributed by atoms with Crippen molar-refractivity contribution in [3.8, 4) is 11.4 Å². The summed E-state index contributed by atoms with van der Waals surface area (Å²) >= 11 is 0. The highest BCUT2D eigenvalue weighted by molar-refractivity contribution is 5.96. The lowest BCUT2D eigenvalue weighted by atomic mass is 10.2. The minimum absolute atomic E-state index is 0.101. The number of anilines is 1. The summed E-state index contributed by atoms with van der Waals surface area (Å²) in [6, 6.07) is 7.52. The zero-order chi connectivity index (χ0) is 19.2. The van der Waals surface area contributed by atoms with E-state index in [0.717, 1.165) is 57.1 Å². The number of Topliss-reactive ketones (excluding diaryl/α,β-unsaturated/α-hetero) is 1. The molecule has 8 nitrogen and oxygen atoms in total. The minimum Gasteiger partial charge on any atom is -0.497 e. The lowest BCUT2D eigenvalue weighted by Crippen LogP contribution is -2.44. The lowest BCUT2D eigenvalue weighted by molar-refractivity contribution is 0.101. The summed E-state index contributed by atoms with van der Waals surface area (Å²) in [5.41, 5.74) is 1.20. The maximum Gasteiger partial charge on any atom is 0.183 e. The summed E-state index contributed by atoms with van der Waals surface area (Å²) in [6.45, 7) is 7.78. The maximum absolute atomic E-state index is 11.9. The summed E-state index contributed by atoms with van der Waals surface area (Å²) in [5.74, 6) is 1.31. The van der Waals surface area contributed by atoms with Gasteiger partial charge in [-0.15, -0.1) is 5.10 Å². The van der Waals surface area contributed by atoms with Gasteiger partial charge in [0.05, 0.1) is 12.8 Å². The Hall–Kier alpha value is -2.45. The molecule has 27 heavy (non-hydrogen) atoms. The Labute approximate surface area is 160 Å². The summed E-state index contributed by atoms with van der Waals surface area (Å²) in [6.07, 6.45) is 0.995. The third-order valence-electron chi connectivity index (χ3n) is 4.86. The number of ketones is 1. The number of hydrogen-bond donors (Lipinski definition) is 1. The molecule has 1 fully saturated rings. The Morgan fingerprint density at radius 1 is 1.19 bits per heavy atom. The molecule has 146 valence electrons. The zero-order valence-electron chi connectivity index (χ0n) is 16.3. The first kappa shape index (κ1) is 19.3. The Morgan fingerprint density at radius 3 is 2.52 bits per heavy atom. The number of methoxy groups -OCH3 is 1. The molecule has 8 heteroatoms. The van der Waals surface area contributed by atoms with Crippen molar-refractivity contribution in [2.45, 2.75) is 13.3 Å². The fraction of sp³-hybridized carbons (Fsp3) is 0.526. The molecule has 1 aliphatic heterocycles. The van der Waals surface area contributed by atoms with Crippen LogP contribution in [0.4, 0.5) is 5.82 Å². The number of likely N-dealkylation sites (N-methyl/N-ethyl adjacent to an activating group) is 1. The van der Waals surface area contributed by atoms with Crippen LogP contribution in [0.1, 0.15) is 23.8 Å². The summed E-state index contributed by atoms with van der Waals surface area (Å²) in [4.78, 5) is 16.8. The Kier molecular flexibility index (Phi) is 6.41. The molecule has 0 spiro atoms. The minimum atomic E-state index is -0.101. The molecule has 0 amide bonds. The molecule has 1 aliphatic rings. The van der Waals surface area contributed by atoms with Gasteiger partial charge < -0.3 is 19.9 Å². The molecule has 0 atom stereocenters. The highest BCUT2D eigenvalue weighted by atomic mass is 16.5. The number of piperazine rings is 1. The summed E-state index contributed by atoms with van der Waals surface area (Å²) in [5, 5.41) is 11.6. The van der Waals surface area contributed by atoms with Crippen LogP contribution < -0.4 is 10.1 Å². The average Bonchev–Trinajstić information content (AvgIpc) is 3.11. The second-order valence-electron chi connectivity index (χ2n) is 6.88. The molecule has 1 saturated heterocycles. The van der Waals surface area contributed by atoms with Crippen LogP contribution in [0.25, 0.3) is 5.69 Å². The monoisotopic (exact) mass is 372 g/mol. The van der Waals surface area contributed by atoms with E-state index in [1.807, 2.05) is 24.3 Å². The van der Waals surface area contributed by atoms with Crippen LogP contribution in [-0.4, -0.2) is 84.0 Å². The molecule has 2 heterocycles. The predicted molar refractivity (Wildman–Crippen MR) is 105 cm³/mol. The third kappa shape index (κ3) is 4.84. The second-order valence-corrected chi connectivity index (χ2v) is 6.88.